The number of carbonyl (C=O) groups is 2. The Morgan fingerprint density at radius 2 is 2.10 bits per heavy atom. The molecule has 0 radical (unpaired) electrons. The van der Waals surface area contributed by atoms with Crippen molar-refractivity contribution in [3.63, 3.8) is 0 Å². The smallest absolute Gasteiger partial charge is 0.337 e. The summed E-state index contributed by atoms with van der Waals surface area (Å²) in [7, 11) is 0. The normalized spacial score (nSPS) is 19.2. The summed E-state index contributed by atoms with van der Waals surface area (Å²) in [5, 5.41) is 14.7. The molecule has 0 aromatic heterocycles. The lowest BCUT2D eigenvalue weighted by molar-refractivity contribution is 0.0698. The van der Waals surface area contributed by atoms with Crippen LogP contribution < -0.4 is 10.6 Å². The quantitative estimate of drug-likeness (QED) is 0.798. The number of aromatic carboxylic acids is 1. The van der Waals surface area contributed by atoms with Crippen molar-refractivity contribution in [2.75, 3.05) is 11.9 Å². The lowest BCUT2D eigenvalue weighted by atomic mass is 10.1. The van der Waals surface area contributed by atoms with Crippen molar-refractivity contribution < 1.29 is 14.7 Å². The van der Waals surface area contributed by atoms with Gasteiger partial charge in [0.05, 0.1) is 11.3 Å². The highest BCUT2D eigenvalue weighted by Crippen LogP contribution is 2.50. The van der Waals surface area contributed by atoms with E-state index in [-0.39, 0.29) is 16.7 Å². The van der Waals surface area contributed by atoms with E-state index in [4.69, 9.17) is 16.7 Å². The van der Waals surface area contributed by atoms with Gasteiger partial charge in [-0.3, -0.25) is 0 Å². The SMILES string of the molecule is CC1(C)CC1CNC(=O)Nc1cc(Cl)ccc1C(=O)O. The first-order valence-electron chi connectivity index (χ1n) is 6.37. The molecule has 1 saturated carbocycles. The fourth-order valence-corrected chi connectivity index (χ4v) is 2.29. The van der Waals surface area contributed by atoms with Gasteiger partial charge in [-0.25, -0.2) is 9.59 Å². The van der Waals surface area contributed by atoms with Crippen LogP contribution in [-0.2, 0) is 0 Å². The Morgan fingerprint density at radius 1 is 1.45 bits per heavy atom. The van der Waals surface area contributed by atoms with E-state index in [0.29, 0.717) is 17.5 Å². The van der Waals surface area contributed by atoms with E-state index in [0.717, 1.165) is 6.42 Å². The molecule has 3 N–H and O–H groups in total. The summed E-state index contributed by atoms with van der Waals surface area (Å²) in [5.41, 5.74) is 0.490. The zero-order valence-corrected chi connectivity index (χ0v) is 12.1. The second-order valence-corrected chi connectivity index (χ2v) is 6.16. The molecule has 1 fully saturated rings. The van der Waals surface area contributed by atoms with E-state index < -0.39 is 12.0 Å². The summed E-state index contributed by atoms with van der Waals surface area (Å²) in [6.45, 7) is 4.88. The van der Waals surface area contributed by atoms with Gasteiger partial charge in [0.15, 0.2) is 0 Å². The molecule has 20 heavy (non-hydrogen) atoms. The van der Waals surface area contributed by atoms with Gasteiger partial charge in [0, 0.05) is 11.6 Å². The van der Waals surface area contributed by atoms with Gasteiger partial charge in [-0.2, -0.15) is 0 Å². The number of urea groups is 1. The summed E-state index contributed by atoms with van der Waals surface area (Å²) in [5.74, 6) is -0.633. The lowest BCUT2D eigenvalue weighted by Gasteiger charge is -2.11. The van der Waals surface area contributed by atoms with Crippen LogP contribution in [0.4, 0.5) is 10.5 Å². The van der Waals surface area contributed by atoms with Gasteiger partial charge >= 0.3 is 12.0 Å². The van der Waals surface area contributed by atoms with Crippen molar-refractivity contribution in [1.29, 1.82) is 0 Å². The van der Waals surface area contributed by atoms with Crippen LogP contribution in [0.1, 0.15) is 30.6 Å². The summed E-state index contributed by atoms with van der Waals surface area (Å²) < 4.78 is 0. The third kappa shape index (κ3) is 3.42. The number of hydrogen-bond donors (Lipinski definition) is 3. The maximum absolute atomic E-state index is 11.8. The number of nitrogens with one attached hydrogen (secondary N) is 2. The molecule has 2 amide bonds. The number of anilines is 1. The molecular weight excluding hydrogens is 280 g/mol. The average molecular weight is 297 g/mol. The molecule has 1 aromatic carbocycles. The number of carboxylic acid groups (broad SMARTS) is 1. The second-order valence-electron chi connectivity index (χ2n) is 5.72. The maximum Gasteiger partial charge on any atom is 0.337 e. The highest BCUT2D eigenvalue weighted by Gasteiger charge is 2.45. The Labute approximate surface area is 122 Å². The van der Waals surface area contributed by atoms with E-state index in [1.165, 1.54) is 18.2 Å². The van der Waals surface area contributed by atoms with E-state index in [1.54, 1.807) is 0 Å². The first kappa shape index (κ1) is 14.7. The van der Waals surface area contributed by atoms with Gasteiger partial charge < -0.3 is 15.7 Å². The fourth-order valence-electron chi connectivity index (χ4n) is 2.11. The van der Waals surface area contributed by atoms with Crippen molar-refractivity contribution in [3.05, 3.63) is 28.8 Å². The molecule has 0 saturated heterocycles. The highest BCUT2D eigenvalue weighted by molar-refractivity contribution is 6.31. The molecule has 1 aliphatic carbocycles. The molecule has 1 aromatic rings. The van der Waals surface area contributed by atoms with Gasteiger partial charge in [0.1, 0.15) is 0 Å². The number of carboxylic acids is 1. The Hall–Kier alpha value is -1.75. The third-order valence-corrected chi connectivity index (χ3v) is 3.92. The van der Waals surface area contributed by atoms with E-state index >= 15 is 0 Å². The molecule has 0 aliphatic heterocycles. The zero-order chi connectivity index (χ0) is 14.9. The average Bonchev–Trinajstić information content (AvgIpc) is 2.94. The summed E-state index contributed by atoms with van der Waals surface area (Å²) >= 11 is 5.82. The number of halogens is 1. The number of hydrogen-bond acceptors (Lipinski definition) is 2. The molecule has 0 spiro atoms. The summed E-state index contributed by atoms with van der Waals surface area (Å²) in [4.78, 5) is 22.8. The Balaban J connectivity index is 1.97. The predicted molar refractivity (Wildman–Crippen MR) is 77.3 cm³/mol. The fraction of sp³-hybridized carbons (Fsp3) is 0.429. The minimum atomic E-state index is -1.11. The van der Waals surface area contributed by atoms with Crippen LogP contribution in [0.15, 0.2) is 18.2 Å². The molecule has 5 nitrogen and oxygen atoms in total. The van der Waals surface area contributed by atoms with E-state index in [1.807, 2.05) is 0 Å². The minimum Gasteiger partial charge on any atom is -0.478 e. The van der Waals surface area contributed by atoms with Crippen LogP contribution in [0.25, 0.3) is 0 Å². The Bertz CT molecular complexity index is 557. The number of amides is 2. The second kappa shape index (κ2) is 5.32. The molecule has 2 rings (SSSR count). The van der Waals surface area contributed by atoms with Gasteiger partial charge in [0.25, 0.3) is 0 Å². The molecule has 1 atom stereocenters. The van der Waals surface area contributed by atoms with Gasteiger partial charge in [-0.05, 0) is 36.0 Å². The monoisotopic (exact) mass is 296 g/mol. The first-order chi connectivity index (χ1) is 9.29. The Kier molecular flexibility index (Phi) is 3.90. The molecule has 108 valence electrons. The van der Waals surface area contributed by atoms with Gasteiger partial charge in [-0.1, -0.05) is 25.4 Å². The highest BCUT2D eigenvalue weighted by atomic mass is 35.5. The van der Waals surface area contributed by atoms with Crippen molar-refractivity contribution in [1.82, 2.24) is 5.32 Å². The van der Waals surface area contributed by atoms with Crippen LogP contribution in [0, 0.1) is 11.3 Å². The summed E-state index contributed by atoms with van der Waals surface area (Å²) in [6, 6.07) is 3.84. The largest absolute Gasteiger partial charge is 0.478 e. The zero-order valence-electron chi connectivity index (χ0n) is 11.4. The van der Waals surface area contributed by atoms with Crippen LogP contribution >= 0.6 is 11.6 Å². The van der Waals surface area contributed by atoms with Crippen molar-refractivity contribution in [3.8, 4) is 0 Å². The first-order valence-corrected chi connectivity index (χ1v) is 6.75. The van der Waals surface area contributed by atoms with E-state index in [2.05, 4.69) is 24.5 Å². The number of carbonyl (C=O) groups excluding carboxylic acids is 1. The third-order valence-electron chi connectivity index (χ3n) is 3.69. The maximum atomic E-state index is 11.8. The minimum absolute atomic E-state index is 0.0105. The molecule has 0 bridgehead atoms. The molecule has 1 aliphatic rings. The van der Waals surface area contributed by atoms with E-state index in [9.17, 15) is 9.59 Å². The number of benzene rings is 1. The van der Waals surface area contributed by atoms with Crippen molar-refractivity contribution in [2.45, 2.75) is 20.3 Å². The molecular formula is C14H17ClN2O3. The standard InChI is InChI=1S/C14H17ClN2O3/c1-14(2)6-8(14)7-16-13(20)17-11-5-9(15)3-4-10(11)12(18)19/h3-5,8H,6-7H2,1-2H3,(H,18,19)(H2,16,17,20). The van der Waals surface area contributed by atoms with Crippen LogP contribution in [-0.4, -0.2) is 23.7 Å². The topological polar surface area (TPSA) is 78.4 Å². The van der Waals surface area contributed by atoms with Crippen LogP contribution in [0.2, 0.25) is 5.02 Å². The van der Waals surface area contributed by atoms with Crippen LogP contribution in [0.3, 0.4) is 0 Å². The predicted octanol–water partition coefficient (Wildman–Crippen LogP) is 3.21. The molecule has 6 heteroatoms. The molecule has 0 heterocycles. The van der Waals surface area contributed by atoms with Gasteiger partial charge in [-0.15, -0.1) is 0 Å². The Morgan fingerprint density at radius 3 is 2.65 bits per heavy atom. The van der Waals surface area contributed by atoms with Crippen LogP contribution in [0.5, 0.6) is 0 Å². The lowest BCUT2D eigenvalue weighted by Crippen LogP contribution is -2.31. The summed E-state index contributed by atoms with van der Waals surface area (Å²) in [6.07, 6.45) is 1.09. The van der Waals surface area contributed by atoms with Crippen molar-refractivity contribution >= 4 is 29.3 Å². The molecule has 1 unspecified atom stereocenters. The number of rotatable bonds is 4. The van der Waals surface area contributed by atoms with Crippen molar-refractivity contribution in [2.24, 2.45) is 11.3 Å². The van der Waals surface area contributed by atoms with Gasteiger partial charge in [0.2, 0.25) is 0 Å².